The Morgan fingerprint density at radius 2 is 2.31 bits per heavy atom. The van der Waals surface area contributed by atoms with Crippen LogP contribution in [0.5, 0.6) is 0 Å². The zero-order chi connectivity index (χ0) is 9.42. The molecule has 6 heteroatoms. The molecular formula is C7H5BrN4O. The first-order valence-corrected chi connectivity index (χ1v) is 4.28. The van der Waals surface area contributed by atoms with E-state index in [9.17, 15) is 4.79 Å². The lowest BCUT2D eigenvalue weighted by Gasteiger charge is -1.94. The van der Waals surface area contributed by atoms with Crippen molar-refractivity contribution in [1.82, 2.24) is 14.6 Å². The van der Waals surface area contributed by atoms with Crippen LogP contribution in [-0.2, 0) is 0 Å². The van der Waals surface area contributed by atoms with E-state index in [0.717, 1.165) is 0 Å². The Morgan fingerprint density at radius 1 is 1.54 bits per heavy atom. The summed E-state index contributed by atoms with van der Waals surface area (Å²) in [6.45, 7) is 0. The Labute approximate surface area is 81.7 Å². The van der Waals surface area contributed by atoms with Gasteiger partial charge >= 0.3 is 0 Å². The van der Waals surface area contributed by atoms with Gasteiger partial charge in [0.15, 0.2) is 5.65 Å². The van der Waals surface area contributed by atoms with Gasteiger partial charge in [-0.25, -0.2) is 9.50 Å². The van der Waals surface area contributed by atoms with Crippen LogP contribution >= 0.6 is 15.9 Å². The summed E-state index contributed by atoms with van der Waals surface area (Å²) in [7, 11) is 0. The van der Waals surface area contributed by atoms with E-state index in [1.165, 1.54) is 10.7 Å². The van der Waals surface area contributed by atoms with Crippen LogP contribution in [-0.4, -0.2) is 20.5 Å². The Bertz CT molecular complexity index is 478. The molecule has 0 bridgehead atoms. The Hall–Kier alpha value is -1.43. The molecule has 2 rings (SSSR count). The molecule has 0 atom stereocenters. The molecule has 2 heterocycles. The van der Waals surface area contributed by atoms with E-state index < -0.39 is 5.91 Å². The van der Waals surface area contributed by atoms with Gasteiger partial charge in [-0.2, -0.15) is 0 Å². The minimum atomic E-state index is -0.478. The lowest BCUT2D eigenvalue weighted by Crippen LogP contribution is -2.11. The van der Waals surface area contributed by atoms with Gasteiger partial charge in [0.1, 0.15) is 0 Å². The molecule has 5 nitrogen and oxygen atoms in total. The van der Waals surface area contributed by atoms with Crippen LogP contribution < -0.4 is 5.73 Å². The number of aromatic nitrogens is 3. The standard InChI is InChI=1S/C7H5BrN4O/c8-7-10-5-2-1-4(6(9)13)3-12(5)11-7/h1-3H,(H2,9,13). The summed E-state index contributed by atoms with van der Waals surface area (Å²) in [5, 5.41) is 3.97. The number of carbonyl (C=O) groups excluding carboxylic acids is 1. The van der Waals surface area contributed by atoms with Crippen LogP contribution in [0.2, 0.25) is 0 Å². The maximum Gasteiger partial charge on any atom is 0.250 e. The van der Waals surface area contributed by atoms with Gasteiger partial charge in [0.2, 0.25) is 10.6 Å². The fourth-order valence-electron chi connectivity index (χ4n) is 1.00. The molecule has 0 aromatic carbocycles. The first-order chi connectivity index (χ1) is 6.16. The zero-order valence-electron chi connectivity index (χ0n) is 6.44. The molecular weight excluding hydrogens is 236 g/mol. The van der Waals surface area contributed by atoms with E-state index >= 15 is 0 Å². The van der Waals surface area contributed by atoms with Crippen LogP contribution in [0.4, 0.5) is 0 Å². The number of pyridine rings is 1. The molecule has 0 aliphatic rings. The summed E-state index contributed by atoms with van der Waals surface area (Å²) >= 11 is 3.13. The van der Waals surface area contributed by atoms with Gasteiger partial charge in [-0.1, -0.05) is 0 Å². The first kappa shape index (κ1) is 8.18. The van der Waals surface area contributed by atoms with Crippen molar-refractivity contribution in [2.45, 2.75) is 0 Å². The van der Waals surface area contributed by atoms with Crippen LogP contribution in [0.15, 0.2) is 23.1 Å². The number of halogens is 1. The van der Waals surface area contributed by atoms with E-state index in [2.05, 4.69) is 26.0 Å². The third-order valence-corrected chi connectivity index (χ3v) is 1.93. The predicted octanol–water partition coefficient (Wildman–Crippen LogP) is 0.591. The maximum atomic E-state index is 10.8. The molecule has 1 amide bonds. The molecule has 0 radical (unpaired) electrons. The number of hydrogen-bond donors (Lipinski definition) is 1. The van der Waals surface area contributed by atoms with Crippen molar-refractivity contribution >= 4 is 27.5 Å². The molecule has 13 heavy (non-hydrogen) atoms. The predicted molar refractivity (Wildman–Crippen MR) is 49.2 cm³/mol. The number of carbonyl (C=O) groups is 1. The van der Waals surface area contributed by atoms with Crippen LogP contribution in [0.25, 0.3) is 5.65 Å². The summed E-state index contributed by atoms with van der Waals surface area (Å²) in [5.41, 5.74) is 6.17. The van der Waals surface area contributed by atoms with E-state index in [-0.39, 0.29) is 0 Å². The topological polar surface area (TPSA) is 73.3 Å². The summed E-state index contributed by atoms with van der Waals surface area (Å²) in [5.74, 6) is -0.478. The number of primary amides is 1. The third-order valence-electron chi connectivity index (χ3n) is 1.59. The molecule has 0 unspecified atom stereocenters. The minimum Gasteiger partial charge on any atom is -0.366 e. The van der Waals surface area contributed by atoms with Crippen LogP contribution in [0.3, 0.4) is 0 Å². The summed E-state index contributed by atoms with van der Waals surface area (Å²) in [6.07, 6.45) is 1.54. The SMILES string of the molecule is NC(=O)c1ccc2nc(Br)nn2c1. The molecule has 0 aliphatic carbocycles. The monoisotopic (exact) mass is 240 g/mol. The quantitative estimate of drug-likeness (QED) is 0.793. The van der Waals surface area contributed by atoms with Gasteiger partial charge in [-0.3, -0.25) is 4.79 Å². The van der Waals surface area contributed by atoms with Gasteiger partial charge < -0.3 is 5.73 Å². The second-order valence-corrected chi connectivity index (χ2v) is 3.17. The van der Waals surface area contributed by atoms with E-state index in [1.54, 1.807) is 12.1 Å². The lowest BCUT2D eigenvalue weighted by atomic mass is 10.3. The highest BCUT2D eigenvalue weighted by atomic mass is 79.9. The average molecular weight is 241 g/mol. The smallest absolute Gasteiger partial charge is 0.250 e. The van der Waals surface area contributed by atoms with E-state index in [4.69, 9.17) is 5.73 Å². The number of nitrogens with zero attached hydrogens (tertiary/aromatic N) is 3. The van der Waals surface area contributed by atoms with Crippen molar-refractivity contribution < 1.29 is 4.79 Å². The van der Waals surface area contributed by atoms with Gasteiger partial charge in [-0.15, -0.1) is 5.10 Å². The van der Waals surface area contributed by atoms with Crippen molar-refractivity contribution in [2.75, 3.05) is 0 Å². The first-order valence-electron chi connectivity index (χ1n) is 3.48. The van der Waals surface area contributed by atoms with Crippen molar-refractivity contribution in [3.8, 4) is 0 Å². The summed E-state index contributed by atoms with van der Waals surface area (Å²) in [4.78, 5) is 14.8. The number of rotatable bonds is 1. The number of amides is 1. The average Bonchev–Trinajstić information content (AvgIpc) is 2.42. The largest absolute Gasteiger partial charge is 0.366 e. The summed E-state index contributed by atoms with van der Waals surface area (Å²) in [6, 6.07) is 3.29. The maximum absolute atomic E-state index is 10.8. The van der Waals surface area contributed by atoms with Gasteiger partial charge in [0, 0.05) is 6.20 Å². The van der Waals surface area contributed by atoms with E-state index in [1.807, 2.05) is 0 Å². The minimum absolute atomic E-state index is 0.407. The molecule has 0 aliphatic heterocycles. The number of nitrogens with two attached hydrogens (primary N) is 1. The lowest BCUT2D eigenvalue weighted by molar-refractivity contribution is 0.1000. The normalized spacial score (nSPS) is 10.5. The van der Waals surface area contributed by atoms with Crippen molar-refractivity contribution in [2.24, 2.45) is 5.73 Å². The van der Waals surface area contributed by atoms with Crippen LogP contribution in [0.1, 0.15) is 10.4 Å². The molecule has 66 valence electrons. The molecule has 2 aromatic rings. The fraction of sp³-hybridized carbons (Fsp3) is 0. The highest BCUT2D eigenvalue weighted by Gasteiger charge is 2.04. The number of hydrogen-bond acceptors (Lipinski definition) is 3. The van der Waals surface area contributed by atoms with Crippen molar-refractivity contribution in [1.29, 1.82) is 0 Å². The highest BCUT2D eigenvalue weighted by molar-refractivity contribution is 9.10. The Morgan fingerprint density at radius 3 is 3.00 bits per heavy atom. The second-order valence-electron chi connectivity index (χ2n) is 2.47. The van der Waals surface area contributed by atoms with Gasteiger partial charge in [-0.05, 0) is 28.1 Å². The highest BCUT2D eigenvalue weighted by Crippen LogP contribution is 2.07. The van der Waals surface area contributed by atoms with Crippen molar-refractivity contribution in [3.05, 3.63) is 28.6 Å². The second kappa shape index (κ2) is 2.81. The van der Waals surface area contributed by atoms with Gasteiger partial charge in [0.05, 0.1) is 5.56 Å². The Kier molecular flexibility index (Phi) is 1.77. The molecule has 0 saturated heterocycles. The zero-order valence-corrected chi connectivity index (χ0v) is 8.02. The van der Waals surface area contributed by atoms with Crippen molar-refractivity contribution in [3.63, 3.8) is 0 Å². The molecule has 0 saturated carbocycles. The molecule has 2 aromatic heterocycles. The molecule has 0 fully saturated rings. The van der Waals surface area contributed by atoms with Crippen LogP contribution in [0, 0.1) is 0 Å². The fourth-order valence-corrected chi connectivity index (χ4v) is 1.35. The third kappa shape index (κ3) is 1.40. The molecule has 2 N–H and O–H groups in total. The molecule has 0 spiro atoms. The number of fused-ring (bicyclic) bond motifs is 1. The van der Waals surface area contributed by atoms with E-state index in [0.29, 0.717) is 15.9 Å². The summed E-state index contributed by atoms with van der Waals surface area (Å²) < 4.78 is 1.97. The van der Waals surface area contributed by atoms with Gasteiger partial charge in [0.25, 0.3) is 0 Å². The Balaban J connectivity index is 2.67.